The van der Waals surface area contributed by atoms with Crippen LogP contribution >= 0.6 is 11.6 Å². The Morgan fingerprint density at radius 2 is 2.06 bits per heavy atom. The normalized spacial score (nSPS) is 14.8. The first-order chi connectivity index (χ1) is 7.92. The smallest absolute Gasteiger partial charge is 0.122 e. The summed E-state index contributed by atoms with van der Waals surface area (Å²) in [6, 6.07) is 5.60. The van der Waals surface area contributed by atoms with Gasteiger partial charge in [0.15, 0.2) is 0 Å². The van der Waals surface area contributed by atoms with Gasteiger partial charge >= 0.3 is 0 Å². The Morgan fingerprint density at radius 3 is 2.53 bits per heavy atom. The summed E-state index contributed by atoms with van der Waals surface area (Å²) in [5.74, 6) is 1.21. The molecule has 0 saturated carbocycles. The molecule has 0 aromatic heterocycles. The summed E-state index contributed by atoms with van der Waals surface area (Å²) in [5.41, 5.74) is 0.892. The minimum atomic E-state index is -0.155. The van der Waals surface area contributed by atoms with Crippen LogP contribution in [0.3, 0.4) is 0 Å². The summed E-state index contributed by atoms with van der Waals surface area (Å²) < 4.78 is 5.33. The van der Waals surface area contributed by atoms with Crippen LogP contribution in [0.5, 0.6) is 5.75 Å². The van der Waals surface area contributed by atoms with Gasteiger partial charge in [0.2, 0.25) is 0 Å². The maximum absolute atomic E-state index is 9.58. The number of methoxy groups -OCH3 is 1. The van der Waals surface area contributed by atoms with Crippen LogP contribution in [0.2, 0.25) is 5.02 Å². The largest absolute Gasteiger partial charge is 0.496 e. The lowest BCUT2D eigenvalue weighted by Gasteiger charge is -2.32. The van der Waals surface area contributed by atoms with E-state index in [1.54, 1.807) is 7.11 Å². The highest BCUT2D eigenvalue weighted by Gasteiger charge is 2.29. The standard InChI is InChI=1S/C14H21ClO2/c1-10(2)14(3,9-16)8-11-7-12(15)5-6-13(11)17-4/h5-7,10,16H,8-9H2,1-4H3. The van der Waals surface area contributed by atoms with Gasteiger partial charge in [0.25, 0.3) is 0 Å². The number of aliphatic hydroxyl groups excluding tert-OH is 1. The molecule has 0 aliphatic rings. The highest BCUT2D eigenvalue weighted by molar-refractivity contribution is 6.30. The number of hydrogen-bond acceptors (Lipinski definition) is 2. The lowest BCUT2D eigenvalue weighted by molar-refractivity contribution is 0.0941. The SMILES string of the molecule is COc1ccc(Cl)cc1CC(C)(CO)C(C)C. The summed E-state index contributed by atoms with van der Waals surface area (Å²) in [6.45, 7) is 6.47. The Bertz CT molecular complexity index is 376. The topological polar surface area (TPSA) is 29.5 Å². The quantitative estimate of drug-likeness (QED) is 0.873. The van der Waals surface area contributed by atoms with Gasteiger partial charge in [-0.25, -0.2) is 0 Å². The number of halogens is 1. The predicted octanol–water partition coefficient (Wildman–Crippen LogP) is 3.55. The fourth-order valence-corrected chi connectivity index (χ4v) is 1.96. The third-order valence-electron chi connectivity index (χ3n) is 3.59. The van der Waals surface area contributed by atoms with E-state index in [0.29, 0.717) is 10.9 Å². The first kappa shape index (κ1) is 14.3. The molecule has 0 saturated heterocycles. The molecule has 1 aromatic carbocycles. The molecule has 1 N–H and O–H groups in total. The molecule has 0 bridgehead atoms. The lowest BCUT2D eigenvalue weighted by Crippen LogP contribution is -2.30. The number of rotatable bonds is 5. The van der Waals surface area contributed by atoms with Crippen molar-refractivity contribution in [3.05, 3.63) is 28.8 Å². The molecule has 0 aliphatic carbocycles. The van der Waals surface area contributed by atoms with Gasteiger partial charge in [-0.3, -0.25) is 0 Å². The average molecular weight is 257 g/mol. The second kappa shape index (κ2) is 5.74. The van der Waals surface area contributed by atoms with Crippen molar-refractivity contribution in [2.75, 3.05) is 13.7 Å². The minimum Gasteiger partial charge on any atom is -0.496 e. The highest BCUT2D eigenvalue weighted by atomic mass is 35.5. The van der Waals surface area contributed by atoms with E-state index in [1.165, 1.54) is 0 Å². The van der Waals surface area contributed by atoms with Crippen molar-refractivity contribution in [2.24, 2.45) is 11.3 Å². The van der Waals surface area contributed by atoms with Crippen LogP contribution < -0.4 is 4.74 Å². The van der Waals surface area contributed by atoms with Gasteiger partial charge in [0.05, 0.1) is 7.11 Å². The van der Waals surface area contributed by atoms with E-state index in [1.807, 2.05) is 18.2 Å². The van der Waals surface area contributed by atoms with Crippen molar-refractivity contribution in [1.82, 2.24) is 0 Å². The summed E-state index contributed by atoms with van der Waals surface area (Å²) in [4.78, 5) is 0. The maximum atomic E-state index is 9.58. The van der Waals surface area contributed by atoms with Crippen molar-refractivity contribution >= 4 is 11.6 Å². The number of aliphatic hydroxyl groups is 1. The van der Waals surface area contributed by atoms with E-state index >= 15 is 0 Å². The van der Waals surface area contributed by atoms with Crippen molar-refractivity contribution in [3.8, 4) is 5.75 Å². The van der Waals surface area contributed by atoms with Crippen LogP contribution in [0.4, 0.5) is 0 Å². The molecule has 0 radical (unpaired) electrons. The van der Waals surface area contributed by atoms with E-state index in [0.717, 1.165) is 17.7 Å². The average Bonchev–Trinajstić information content (AvgIpc) is 2.29. The molecule has 1 rings (SSSR count). The first-order valence-electron chi connectivity index (χ1n) is 5.86. The molecule has 2 nitrogen and oxygen atoms in total. The molecular formula is C14H21ClO2. The lowest BCUT2D eigenvalue weighted by atomic mass is 9.75. The van der Waals surface area contributed by atoms with Crippen LogP contribution in [0.25, 0.3) is 0 Å². The molecule has 1 aromatic rings. The Balaban J connectivity index is 3.04. The molecule has 3 heteroatoms. The van der Waals surface area contributed by atoms with Crippen LogP contribution in [0.1, 0.15) is 26.3 Å². The van der Waals surface area contributed by atoms with Crippen molar-refractivity contribution < 1.29 is 9.84 Å². The molecule has 0 heterocycles. The number of ether oxygens (including phenoxy) is 1. The van der Waals surface area contributed by atoms with Gasteiger partial charge in [-0.2, -0.15) is 0 Å². The second-order valence-corrected chi connectivity index (χ2v) is 5.54. The van der Waals surface area contributed by atoms with Gasteiger partial charge in [0, 0.05) is 11.6 Å². The van der Waals surface area contributed by atoms with Gasteiger partial charge in [-0.05, 0) is 41.5 Å². The summed E-state index contributed by atoms with van der Waals surface area (Å²) >= 11 is 6.01. The van der Waals surface area contributed by atoms with Crippen molar-refractivity contribution in [2.45, 2.75) is 27.2 Å². The Hall–Kier alpha value is -0.730. The fourth-order valence-electron chi connectivity index (χ4n) is 1.76. The molecule has 0 fully saturated rings. The Kier molecular flexibility index (Phi) is 4.84. The van der Waals surface area contributed by atoms with Crippen molar-refractivity contribution in [1.29, 1.82) is 0 Å². The van der Waals surface area contributed by atoms with Crippen LogP contribution in [0.15, 0.2) is 18.2 Å². The molecule has 0 amide bonds. The Morgan fingerprint density at radius 1 is 1.41 bits per heavy atom. The van der Waals surface area contributed by atoms with E-state index in [4.69, 9.17) is 16.3 Å². The third kappa shape index (κ3) is 3.36. The number of hydrogen-bond donors (Lipinski definition) is 1. The summed E-state index contributed by atoms with van der Waals surface area (Å²) in [6.07, 6.45) is 0.755. The highest BCUT2D eigenvalue weighted by Crippen LogP contribution is 2.34. The zero-order valence-corrected chi connectivity index (χ0v) is 11.7. The monoisotopic (exact) mass is 256 g/mol. The predicted molar refractivity (Wildman–Crippen MR) is 71.7 cm³/mol. The first-order valence-corrected chi connectivity index (χ1v) is 6.24. The number of benzene rings is 1. The van der Waals surface area contributed by atoms with Crippen LogP contribution in [-0.2, 0) is 6.42 Å². The van der Waals surface area contributed by atoms with Gasteiger partial charge in [-0.1, -0.05) is 32.4 Å². The van der Waals surface area contributed by atoms with Crippen LogP contribution in [0, 0.1) is 11.3 Å². The zero-order valence-electron chi connectivity index (χ0n) is 11.0. The van der Waals surface area contributed by atoms with Gasteiger partial charge in [0.1, 0.15) is 5.75 Å². The van der Waals surface area contributed by atoms with E-state index < -0.39 is 0 Å². The second-order valence-electron chi connectivity index (χ2n) is 5.10. The maximum Gasteiger partial charge on any atom is 0.122 e. The molecule has 0 spiro atoms. The van der Waals surface area contributed by atoms with E-state index in [9.17, 15) is 5.11 Å². The fraction of sp³-hybridized carbons (Fsp3) is 0.571. The van der Waals surface area contributed by atoms with E-state index in [2.05, 4.69) is 20.8 Å². The zero-order chi connectivity index (χ0) is 13.1. The summed E-state index contributed by atoms with van der Waals surface area (Å²) in [7, 11) is 1.65. The molecule has 1 atom stereocenters. The third-order valence-corrected chi connectivity index (χ3v) is 3.83. The van der Waals surface area contributed by atoms with Gasteiger partial charge in [-0.15, -0.1) is 0 Å². The molecule has 1 unspecified atom stereocenters. The minimum absolute atomic E-state index is 0.153. The Labute approximate surface area is 109 Å². The summed E-state index contributed by atoms with van der Waals surface area (Å²) in [5, 5.41) is 10.3. The molecule has 0 aliphatic heterocycles. The molecule has 96 valence electrons. The van der Waals surface area contributed by atoms with Gasteiger partial charge < -0.3 is 9.84 Å². The molecule has 17 heavy (non-hydrogen) atoms. The van der Waals surface area contributed by atoms with E-state index in [-0.39, 0.29) is 12.0 Å². The molecular weight excluding hydrogens is 236 g/mol. The van der Waals surface area contributed by atoms with Crippen molar-refractivity contribution in [3.63, 3.8) is 0 Å². The van der Waals surface area contributed by atoms with Crippen LogP contribution in [-0.4, -0.2) is 18.8 Å².